The zero-order chi connectivity index (χ0) is 28.6. The minimum atomic E-state index is -2.82. The number of nitrogens with zero attached hydrogens (tertiary/aromatic N) is 4. The van der Waals surface area contributed by atoms with Gasteiger partial charge < -0.3 is 10.2 Å². The van der Waals surface area contributed by atoms with Gasteiger partial charge in [0.15, 0.2) is 5.78 Å². The molecule has 0 spiro atoms. The first-order valence-electron chi connectivity index (χ1n) is 13.7. The molecule has 1 aliphatic carbocycles. The number of carbonyl (C=O) groups excluding carboxylic acids is 2. The molecular formula is C30H34BrF2N5O2. The van der Waals surface area contributed by atoms with E-state index in [0.29, 0.717) is 33.6 Å². The van der Waals surface area contributed by atoms with Gasteiger partial charge in [-0.1, -0.05) is 28.1 Å². The second-order valence-electron chi connectivity index (χ2n) is 11.0. The summed E-state index contributed by atoms with van der Waals surface area (Å²) in [5, 5.41) is 2.86. The highest BCUT2D eigenvalue weighted by Gasteiger charge is 2.43. The summed E-state index contributed by atoms with van der Waals surface area (Å²) >= 11 is 3.53. The van der Waals surface area contributed by atoms with Crippen LogP contribution in [0.5, 0.6) is 0 Å². The van der Waals surface area contributed by atoms with Gasteiger partial charge in [-0.25, -0.2) is 13.8 Å². The molecule has 212 valence electrons. The first kappa shape index (κ1) is 28.5. The van der Waals surface area contributed by atoms with E-state index in [2.05, 4.69) is 49.3 Å². The molecule has 3 aliphatic rings. The number of piperidine rings is 2. The third-order valence-corrected chi connectivity index (χ3v) is 9.03. The molecule has 2 saturated heterocycles. The van der Waals surface area contributed by atoms with Crippen LogP contribution in [0.4, 0.5) is 20.5 Å². The summed E-state index contributed by atoms with van der Waals surface area (Å²) in [7, 11) is 0. The van der Waals surface area contributed by atoms with Gasteiger partial charge in [0.1, 0.15) is 5.82 Å². The molecule has 0 radical (unpaired) electrons. The van der Waals surface area contributed by atoms with E-state index < -0.39 is 11.8 Å². The van der Waals surface area contributed by atoms with Crippen molar-refractivity contribution in [1.29, 1.82) is 0 Å². The highest BCUT2D eigenvalue weighted by molar-refractivity contribution is 9.10. The molecule has 0 bridgehead atoms. The number of alkyl halides is 2. The molecule has 1 aromatic carbocycles. The first-order valence-corrected chi connectivity index (χ1v) is 14.5. The Morgan fingerprint density at radius 1 is 1.23 bits per heavy atom. The van der Waals surface area contributed by atoms with Crippen LogP contribution in [0.1, 0.15) is 57.7 Å². The molecule has 3 heterocycles. The first-order chi connectivity index (χ1) is 19.1. The van der Waals surface area contributed by atoms with Crippen molar-refractivity contribution >= 4 is 39.4 Å². The number of rotatable bonds is 7. The van der Waals surface area contributed by atoms with Gasteiger partial charge in [-0.3, -0.25) is 14.5 Å². The number of hydrogen-bond donors (Lipinski definition) is 1. The molecule has 7 nitrogen and oxygen atoms in total. The number of ketones is 1. The van der Waals surface area contributed by atoms with E-state index in [1.165, 1.54) is 6.08 Å². The summed E-state index contributed by atoms with van der Waals surface area (Å²) in [6.07, 6.45) is 6.43. The van der Waals surface area contributed by atoms with E-state index in [9.17, 15) is 18.4 Å². The van der Waals surface area contributed by atoms with E-state index >= 15 is 0 Å². The molecular weight excluding hydrogens is 580 g/mol. The molecule has 5 rings (SSSR count). The third-order valence-electron chi connectivity index (χ3n) is 8.37. The number of anilines is 2. The highest BCUT2D eigenvalue weighted by Crippen LogP contribution is 2.37. The third kappa shape index (κ3) is 5.61. The van der Waals surface area contributed by atoms with Crippen LogP contribution in [-0.2, 0) is 6.42 Å². The lowest BCUT2D eigenvalue weighted by Crippen LogP contribution is -2.47. The zero-order valence-electron chi connectivity index (χ0n) is 22.6. The maximum Gasteiger partial charge on any atom is 0.257 e. The van der Waals surface area contributed by atoms with Gasteiger partial charge in [0.2, 0.25) is 5.95 Å². The van der Waals surface area contributed by atoms with E-state index in [-0.39, 0.29) is 49.0 Å². The number of nitrogens with one attached hydrogen (secondary N) is 1. The summed E-state index contributed by atoms with van der Waals surface area (Å²) in [6, 6.07) is 4.82. The maximum atomic E-state index is 14.2. The SMILES string of the molecule is C=CCC1CCN(C2Cc3c(C(=O)Nc4cc(C)nc(N5CCC(F)(F)C(C=C)C5)n4)ccc(Br)c3C2=O)CC1. The van der Waals surface area contributed by atoms with Gasteiger partial charge in [-0.15, -0.1) is 13.2 Å². The normalized spacial score (nSPS) is 23.1. The molecule has 1 amide bonds. The van der Waals surface area contributed by atoms with Gasteiger partial charge in [-0.05, 0) is 69.3 Å². The summed E-state index contributed by atoms with van der Waals surface area (Å²) < 4.78 is 29.1. The number of carbonyl (C=O) groups is 2. The highest BCUT2D eigenvalue weighted by atomic mass is 79.9. The Hall–Kier alpha value is -2.98. The van der Waals surface area contributed by atoms with E-state index in [4.69, 9.17) is 0 Å². The molecule has 0 saturated carbocycles. The standard InChI is InChI=1S/C30H34BrF2N5O2/c1-4-6-19-9-12-37(13-10-19)24-16-22-21(7-8-23(31)26(22)27(24)39)28(40)35-25-15-18(3)34-29(36-25)38-14-11-30(32,33)20(5-2)17-38/h4-5,7-8,15,19-20,24H,1-2,6,9-14,16-17H2,3H3,(H,34,35,36,40). The molecule has 1 N–H and O–H groups in total. The Morgan fingerprint density at radius 3 is 2.67 bits per heavy atom. The molecule has 2 unspecified atom stereocenters. The Bertz CT molecular complexity index is 1340. The maximum absolute atomic E-state index is 14.2. The smallest absolute Gasteiger partial charge is 0.257 e. The van der Waals surface area contributed by atoms with Crippen LogP contribution in [0.15, 0.2) is 48.0 Å². The monoisotopic (exact) mass is 613 g/mol. The molecule has 2 aromatic rings. The van der Waals surface area contributed by atoms with Crippen molar-refractivity contribution in [3.63, 3.8) is 0 Å². The summed E-state index contributed by atoms with van der Waals surface area (Å²) in [5.41, 5.74) is 2.32. The van der Waals surface area contributed by atoms with Gasteiger partial charge in [-0.2, -0.15) is 4.98 Å². The van der Waals surface area contributed by atoms with Crippen LogP contribution in [0, 0.1) is 18.8 Å². The number of aryl methyl sites for hydroxylation is 1. The molecule has 10 heteroatoms. The Kier molecular flexibility index (Phi) is 8.20. The number of halogens is 3. The Balaban J connectivity index is 1.34. The average Bonchev–Trinajstić information content (AvgIpc) is 3.26. The van der Waals surface area contributed by atoms with Gasteiger partial charge in [0.05, 0.1) is 12.0 Å². The fourth-order valence-electron chi connectivity index (χ4n) is 6.10. The Morgan fingerprint density at radius 2 is 1.98 bits per heavy atom. The number of benzene rings is 1. The topological polar surface area (TPSA) is 78.4 Å². The Labute approximate surface area is 241 Å². The second kappa shape index (κ2) is 11.5. The number of likely N-dealkylation sites (tertiary alicyclic amines) is 1. The van der Waals surface area contributed by atoms with E-state index in [1.54, 1.807) is 30.0 Å². The fraction of sp³-hybridized carbons (Fsp3) is 0.467. The average molecular weight is 615 g/mol. The quantitative estimate of drug-likeness (QED) is 0.395. The van der Waals surface area contributed by atoms with Crippen molar-refractivity contribution in [2.24, 2.45) is 11.8 Å². The van der Waals surface area contributed by atoms with Gasteiger partial charge >= 0.3 is 0 Å². The second-order valence-corrected chi connectivity index (χ2v) is 11.8. The number of Topliss-reactive ketones (excluding diaryl/α,β-unsaturated/α-hetero) is 1. The van der Waals surface area contributed by atoms with Crippen LogP contribution < -0.4 is 10.2 Å². The predicted octanol–water partition coefficient (Wildman–Crippen LogP) is 5.84. The van der Waals surface area contributed by atoms with Crippen molar-refractivity contribution < 1.29 is 18.4 Å². The van der Waals surface area contributed by atoms with E-state index in [0.717, 1.165) is 37.9 Å². The molecule has 40 heavy (non-hydrogen) atoms. The van der Waals surface area contributed by atoms with Crippen molar-refractivity contribution in [3.05, 3.63) is 70.4 Å². The van der Waals surface area contributed by atoms with Gasteiger partial charge in [0.25, 0.3) is 11.8 Å². The molecule has 1 aromatic heterocycles. The minimum Gasteiger partial charge on any atom is -0.340 e. The molecule has 2 atom stereocenters. The fourth-order valence-corrected chi connectivity index (χ4v) is 6.66. The largest absolute Gasteiger partial charge is 0.340 e. The number of allylic oxidation sites excluding steroid dienone is 1. The number of fused-ring (bicyclic) bond motifs is 1. The molecule has 2 aliphatic heterocycles. The van der Waals surface area contributed by atoms with E-state index in [1.807, 2.05) is 6.08 Å². The van der Waals surface area contributed by atoms with Crippen LogP contribution >= 0.6 is 15.9 Å². The minimum absolute atomic E-state index is 0.0394. The van der Waals surface area contributed by atoms with Crippen molar-refractivity contribution in [3.8, 4) is 0 Å². The summed E-state index contributed by atoms with van der Waals surface area (Å²) in [5.74, 6) is -3.00. The van der Waals surface area contributed by atoms with Crippen LogP contribution in [0.25, 0.3) is 0 Å². The lowest BCUT2D eigenvalue weighted by molar-refractivity contribution is -0.0545. The van der Waals surface area contributed by atoms with Crippen molar-refractivity contribution in [2.75, 3.05) is 36.4 Å². The van der Waals surface area contributed by atoms with Crippen LogP contribution in [-0.4, -0.2) is 64.7 Å². The summed E-state index contributed by atoms with van der Waals surface area (Å²) in [6.45, 7) is 11.0. The van der Waals surface area contributed by atoms with Crippen molar-refractivity contribution in [1.82, 2.24) is 14.9 Å². The van der Waals surface area contributed by atoms with Crippen LogP contribution in [0.3, 0.4) is 0 Å². The number of hydrogen-bond acceptors (Lipinski definition) is 6. The zero-order valence-corrected chi connectivity index (χ0v) is 24.2. The molecule has 2 fully saturated rings. The predicted molar refractivity (Wildman–Crippen MR) is 155 cm³/mol. The lowest BCUT2D eigenvalue weighted by atomic mass is 9.92. The lowest BCUT2D eigenvalue weighted by Gasteiger charge is -2.37. The number of aromatic nitrogens is 2. The number of amides is 1. The van der Waals surface area contributed by atoms with Gasteiger partial charge in [0, 0.05) is 46.9 Å². The van der Waals surface area contributed by atoms with Crippen molar-refractivity contribution in [2.45, 2.75) is 51.0 Å². The van der Waals surface area contributed by atoms with Crippen LogP contribution in [0.2, 0.25) is 0 Å². The summed E-state index contributed by atoms with van der Waals surface area (Å²) in [4.78, 5) is 39.9.